The van der Waals surface area contributed by atoms with Gasteiger partial charge in [0.25, 0.3) is 0 Å². The number of methoxy groups -OCH3 is 1. The van der Waals surface area contributed by atoms with E-state index in [-0.39, 0.29) is 24.8 Å². The first-order valence-electron chi connectivity index (χ1n) is 9.69. The lowest BCUT2D eigenvalue weighted by molar-refractivity contribution is 0.414. The number of anilines is 3. The molecule has 1 aromatic carbocycles. The molecule has 4 aromatic rings. The molecule has 0 saturated heterocycles. The highest BCUT2D eigenvalue weighted by atomic mass is 35.5. The number of ether oxygens (including phenoxy) is 1. The molecule has 32 heavy (non-hydrogen) atoms. The maximum absolute atomic E-state index is 5.28. The summed E-state index contributed by atoms with van der Waals surface area (Å²) in [6.45, 7) is 0.557. The van der Waals surface area contributed by atoms with E-state index in [1.165, 1.54) is 5.56 Å². The first-order valence-corrected chi connectivity index (χ1v) is 9.69. The topological polar surface area (TPSA) is 101 Å². The van der Waals surface area contributed by atoms with E-state index in [2.05, 4.69) is 47.9 Å². The monoisotopic (exact) mass is 473 g/mol. The summed E-state index contributed by atoms with van der Waals surface area (Å²) in [4.78, 5) is 13.0. The lowest BCUT2D eigenvalue weighted by Crippen LogP contribution is -2.06. The van der Waals surface area contributed by atoms with Crippen LogP contribution in [0.1, 0.15) is 17.0 Å². The zero-order chi connectivity index (χ0) is 20.6. The summed E-state index contributed by atoms with van der Waals surface area (Å²) in [7, 11) is 1.68. The Balaban J connectivity index is 0.00000181. The first kappa shape index (κ1) is 24.9. The summed E-state index contributed by atoms with van der Waals surface area (Å²) in [6, 6.07) is 17.7. The van der Waals surface area contributed by atoms with Gasteiger partial charge in [0, 0.05) is 24.2 Å². The fourth-order valence-corrected chi connectivity index (χ4v) is 2.98. The number of pyridine rings is 1. The molecular weight excluding hydrogens is 449 g/mol. The zero-order valence-electron chi connectivity index (χ0n) is 17.5. The van der Waals surface area contributed by atoms with E-state index in [1.807, 2.05) is 36.4 Å². The quantitative estimate of drug-likeness (QED) is 0.326. The van der Waals surface area contributed by atoms with Crippen molar-refractivity contribution in [1.82, 2.24) is 25.1 Å². The minimum atomic E-state index is 0. The van der Waals surface area contributed by atoms with Crippen molar-refractivity contribution >= 4 is 42.4 Å². The van der Waals surface area contributed by atoms with Gasteiger partial charge in [0.15, 0.2) is 5.82 Å². The smallest absolute Gasteiger partial charge is 0.224 e. The fraction of sp³-hybridized carbons (Fsp3) is 0.182. The molecule has 0 spiro atoms. The molecule has 0 aliphatic heterocycles. The van der Waals surface area contributed by atoms with Crippen molar-refractivity contribution in [2.45, 2.75) is 19.4 Å². The van der Waals surface area contributed by atoms with Crippen LogP contribution < -0.4 is 15.4 Å². The highest BCUT2D eigenvalue weighted by Crippen LogP contribution is 2.17. The Labute approximate surface area is 199 Å². The summed E-state index contributed by atoms with van der Waals surface area (Å²) < 4.78 is 5.28. The maximum Gasteiger partial charge on any atom is 0.224 e. The Hall–Kier alpha value is -3.36. The standard InChI is InChI=1S/C22H23N7O.2ClH/c1-30-19-7-4-5-16(13-19)8-9-17-14-21(29-28-17)26-20-10-12-24-22(27-20)25-15-18-6-2-3-11-23-18;;/h2-7,10-14H,8-9,15H2,1H3,(H3,24,25,26,27,28,29);2*1H. The highest BCUT2D eigenvalue weighted by molar-refractivity contribution is 5.85. The van der Waals surface area contributed by atoms with Crippen LogP contribution in [0, 0.1) is 0 Å². The Morgan fingerprint density at radius 1 is 0.906 bits per heavy atom. The van der Waals surface area contributed by atoms with Crippen molar-refractivity contribution in [3.8, 4) is 5.75 Å². The van der Waals surface area contributed by atoms with Crippen LogP contribution in [0.25, 0.3) is 0 Å². The van der Waals surface area contributed by atoms with Gasteiger partial charge in [-0.2, -0.15) is 10.1 Å². The van der Waals surface area contributed by atoms with Crippen LogP contribution in [-0.4, -0.2) is 32.3 Å². The van der Waals surface area contributed by atoms with Gasteiger partial charge in [-0.25, -0.2) is 4.98 Å². The third-order valence-corrected chi connectivity index (χ3v) is 4.51. The number of nitrogens with one attached hydrogen (secondary N) is 3. The molecule has 3 N–H and O–H groups in total. The summed E-state index contributed by atoms with van der Waals surface area (Å²) in [6.07, 6.45) is 5.21. The van der Waals surface area contributed by atoms with E-state index in [4.69, 9.17) is 4.74 Å². The Morgan fingerprint density at radius 2 is 1.81 bits per heavy atom. The van der Waals surface area contributed by atoms with E-state index >= 15 is 0 Å². The van der Waals surface area contributed by atoms with E-state index in [9.17, 15) is 0 Å². The molecule has 0 aliphatic carbocycles. The summed E-state index contributed by atoms with van der Waals surface area (Å²) >= 11 is 0. The molecular formula is C22H25Cl2N7O. The van der Waals surface area contributed by atoms with Gasteiger partial charge >= 0.3 is 0 Å². The molecule has 0 bridgehead atoms. The first-order chi connectivity index (χ1) is 14.8. The number of aryl methyl sites for hydroxylation is 2. The second-order valence-electron chi connectivity index (χ2n) is 6.70. The fourth-order valence-electron chi connectivity index (χ4n) is 2.98. The van der Waals surface area contributed by atoms with Gasteiger partial charge in [-0.3, -0.25) is 10.1 Å². The van der Waals surface area contributed by atoms with Crippen molar-refractivity contribution in [2.75, 3.05) is 17.7 Å². The van der Waals surface area contributed by atoms with Crippen molar-refractivity contribution in [2.24, 2.45) is 0 Å². The molecule has 3 heterocycles. The second-order valence-corrected chi connectivity index (χ2v) is 6.70. The van der Waals surface area contributed by atoms with Gasteiger partial charge in [-0.1, -0.05) is 18.2 Å². The van der Waals surface area contributed by atoms with Gasteiger partial charge in [-0.05, 0) is 48.7 Å². The molecule has 0 fully saturated rings. The predicted octanol–water partition coefficient (Wildman–Crippen LogP) is 4.59. The Bertz CT molecular complexity index is 1090. The molecule has 0 atom stereocenters. The van der Waals surface area contributed by atoms with E-state index in [1.54, 1.807) is 25.6 Å². The minimum Gasteiger partial charge on any atom is -0.497 e. The number of benzene rings is 1. The van der Waals surface area contributed by atoms with E-state index in [0.29, 0.717) is 24.1 Å². The second kappa shape index (κ2) is 12.5. The predicted molar refractivity (Wildman–Crippen MR) is 130 cm³/mol. The molecule has 4 rings (SSSR count). The van der Waals surface area contributed by atoms with Gasteiger partial charge in [0.1, 0.15) is 11.6 Å². The minimum absolute atomic E-state index is 0. The molecule has 0 aliphatic rings. The van der Waals surface area contributed by atoms with E-state index < -0.39 is 0 Å². The average Bonchev–Trinajstić information content (AvgIpc) is 3.24. The number of aromatic amines is 1. The number of rotatable bonds is 9. The highest BCUT2D eigenvalue weighted by Gasteiger charge is 2.05. The molecule has 0 unspecified atom stereocenters. The van der Waals surface area contributed by atoms with Crippen LogP contribution >= 0.6 is 24.8 Å². The van der Waals surface area contributed by atoms with Gasteiger partial charge < -0.3 is 15.4 Å². The van der Waals surface area contributed by atoms with Gasteiger partial charge in [0.05, 0.1) is 19.3 Å². The molecule has 0 amide bonds. The van der Waals surface area contributed by atoms with Crippen molar-refractivity contribution in [3.05, 3.63) is 83.9 Å². The van der Waals surface area contributed by atoms with E-state index in [0.717, 1.165) is 30.0 Å². The summed E-state index contributed by atoms with van der Waals surface area (Å²) in [5.41, 5.74) is 3.19. The summed E-state index contributed by atoms with van der Waals surface area (Å²) in [5, 5.41) is 13.8. The molecule has 3 aromatic heterocycles. The van der Waals surface area contributed by atoms with Crippen LogP contribution in [0.15, 0.2) is 67.0 Å². The SMILES string of the molecule is COc1cccc(CCc2cc(Nc3ccnc(NCc4ccccn4)n3)n[nH]2)c1.Cl.Cl. The number of aromatic nitrogens is 5. The van der Waals surface area contributed by atoms with Crippen LogP contribution in [0.5, 0.6) is 5.75 Å². The molecule has 0 radical (unpaired) electrons. The largest absolute Gasteiger partial charge is 0.497 e. The Morgan fingerprint density at radius 3 is 2.62 bits per heavy atom. The molecule has 168 valence electrons. The van der Waals surface area contributed by atoms with Crippen molar-refractivity contribution in [1.29, 1.82) is 0 Å². The average molecular weight is 474 g/mol. The van der Waals surface area contributed by atoms with Gasteiger partial charge in [-0.15, -0.1) is 24.8 Å². The Kier molecular flexibility index (Phi) is 9.72. The van der Waals surface area contributed by atoms with Gasteiger partial charge in [0.2, 0.25) is 5.95 Å². The van der Waals surface area contributed by atoms with Crippen molar-refractivity contribution < 1.29 is 4.74 Å². The van der Waals surface area contributed by atoms with Crippen LogP contribution in [0.4, 0.5) is 17.6 Å². The lowest BCUT2D eigenvalue weighted by Gasteiger charge is -2.06. The van der Waals surface area contributed by atoms with Crippen LogP contribution in [0.3, 0.4) is 0 Å². The number of hydrogen-bond acceptors (Lipinski definition) is 7. The van der Waals surface area contributed by atoms with Crippen LogP contribution in [-0.2, 0) is 19.4 Å². The number of H-pyrrole nitrogens is 1. The maximum atomic E-state index is 5.28. The number of hydrogen-bond donors (Lipinski definition) is 3. The third-order valence-electron chi connectivity index (χ3n) is 4.51. The summed E-state index contributed by atoms with van der Waals surface area (Å²) in [5.74, 6) is 2.78. The van der Waals surface area contributed by atoms with Crippen molar-refractivity contribution in [3.63, 3.8) is 0 Å². The number of halogens is 2. The zero-order valence-corrected chi connectivity index (χ0v) is 19.1. The normalized spacial score (nSPS) is 9.91. The molecule has 10 heteroatoms. The molecule has 8 nitrogen and oxygen atoms in total. The van der Waals surface area contributed by atoms with Crippen LogP contribution in [0.2, 0.25) is 0 Å². The third kappa shape index (κ3) is 7.11. The lowest BCUT2D eigenvalue weighted by atomic mass is 10.1. The molecule has 0 saturated carbocycles. The number of nitrogens with zero attached hydrogens (tertiary/aromatic N) is 4.